The SMILES string of the molecule is Cc1cc(C)c(Cn2c3ccccc3c3cnn(CC(=O)NCC4CCCO4)c(=O)c32)c(C)c1. The average molecular weight is 459 g/mol. The van der Waals surface area contributed by atoms with Crippen LogP contribution >= 0.6 is 0 Å². The standard InChI is InChI=1S/C27H30N4O3/c1-17-11-18(2)23(19(3)12-17)15-30-24-9-5-4-8-21(24)22-14-29-31(27(33)26(22)30)16-25(32)28-13-20-7-6-10-34-20/h4-5,8-9,11-12,14,20H,6-7,10,13,15-16H2,1-3H3,(H,28,32). The van der Waals surface area contributed by atoms with E-state index < -0.39 is 0 Å². The van der Waals surface area contributed by atoms with Crippen LogP contribution in [-0.4, -0.2) is 39.5 Å². The van der Waals surface area contributed by atoms with Gasteiger partial charge in [0.15, 0.2) is 0 Å². The molecule has 5 rings (SSSR count). The molecule has 1 N–H and O–H groups in total. The van der Waals surface area contributed by atoms with Crippen molar-refractivity contribution in [2.24, 2.45) is 0 Å². The van der Waals surface area contributed by atoms with E-state index in [1.54, 1.807) is 6.20 Å². The molecule has 0 bridgehead atoms. The van der Waals surface area contributed by atoms with Crippen molar-refractivity contribution in [3.8, 4) is 0 Å². The number of carbonyl (C=O) groups is 1. The maximum Gasteiger partial charge on any atom is 0.291 e. The number of nitrogens with one attached hydrogen (secondary N) is 1. The number of para-hydroxylation sites is 1. The summed E-state index contributed by atoms with van der Waals surface area (Å²) < 4.78 is 8.90. The molecule has 2 aromatic carbocycles. The zero-order chi connectivity index (χ0) is 23.8. The largest absolute Gasteiger partial charge is 0.376 e. The Morgan fingerprint density at radius 1 is 1.15 bits per heavy atom. The van der Waals surface area contributed by atoms with Gasteiger partial charge in [-0.3, -0.25) is 9.59 Å². The first-order chi connectivity index (χ1) is 16.4. The molecule has 2 aromatic heterocycles. The molecule has 1 aliphatic heterocycles. The second-order valence-corrected chi connectivity index (χ2v) is 9.29. The highest BCUT2D eigenvalue weighted by atomic mass is 16.5. The van der Waals surface area contributed by atoms with E-state index in [4.69, 9.17) is 4.74 Å². The highest BCUT2D eigenvalue weighted by molar-refractivity contribution is 6.07. The summed E-state index contributed by atoms with van der Waals surface area (Å²) in [5.41, 5.74) is 6.12. The van der Waals surface area contributed by atoms with Gasteiger partial charge in [0.05, 0.1) is 12.3 Å². The average Bonchev–Trinajstić information content (AvgIpc) is 3.43. The summed E-state index contributed by atoms with van der Waals surface area (Å²) in [5, 5.41) is 9.01. The van der Waals surface area contributed by atoms with E-state index in [1.807, 2.05) is 24.3 Å². The Balaban J connectivity index is 1.54. The van der Waals surface area contributed by atoms with E-state index in [-0.39, 0.29) is 24.1 Å². The van der Waals surface area contributed by atoms with Crippen LogP contribution in [0.3, 0.4) is 0 Å². The summed E-state index contributed by atoms with van der Waals surface area (Å²) in [4.78, 5) is 26.2. The van der Waals surface area contributed by atoms with E-state index >= 15 is 0 Å². The fourth-order valence-corrected chi connectivity index (χ4v) is 5.11. The Labute approximate surface area is 198 Å². The van der Waals surface area contributed by atoms with Crippen LogP contribution in [0.4, 0.5) is 0 Å². The summed E-state index contributed by atoms with van der Waals surface area (Å²) in [6.45, 7) is 7.98. The molecule has 0 spiro atoms. The monoisotopic (exact) mass is 458 g/mol. The van der Waals surface area contributed by atoms with Gasteiger partial charge in [-0.2, -0.15) is 5.10 Å². The van der Waals surface area contributed by atoms with Crippen LogP contribution < -0.4 is 10.9 Å². The summed E-state index contributed by atoms with van der Waals surface area (Å²) in [7, 11) is 0. The maximum atomic E-state index is 13.6. The van der Waals surface area contributed by atoms with Gasteiger partial charge in [0.1, 0.15) is 12.1 Å². The molecular weight excluding hydrogens is 428 g/mol. The third kappa shape index (κ3) is 4.12. The minimum atomic E-state index is -0.261. The number of aryl methyl sites for hydroxylation is 3. The maximum absolute atomic E-state index is 13.6. The van der Waals surface area contributed by atoms with Crippen molar-refractivity contribution < 1.29 is 9.53 Å². The van der Waals surface area contributed by atoms with Crippen molar-refractivity contribution in [2.75, 3.05) is 13.2 Å². The highest BCUT2D eigenvalue weighted by Gasteiger charge is 2.20. The van der Waals surface area contributed by atoms with E-state index in [1.165, 1.54) is 26.9 Å². The van der Waals surface area contributed by atoms with Gasteiger partial charge in [-0.15, -0.1) is 0 Å². The van der Waals surface area contributed by atoms with Gasteiger partial charge >= 0.3 is 0 Å². The molecule has 0 radical (unpaired) electrons. The number of hydrogen-bond acceptors (Lipinski definition) is 4. The third-order valence-electron chi connectivity index (χ3n) is 6.77. The van der Waals surface area contributed by atoms with Gasteiger partial charge in [-0.05, 0) is 56.4 Å². The lowest BCUT2D eigenvalue weighted by molar-refractivity contribution is -0.122. The predicted molar refractivity (Wildman–Crippen MR) is 133 cm³/mol. The first-order valence-corrected chi connectivity index (χ1v) is 11.8. The van der Waals surface area contributed by atoms with Crippen LogP contribution in [0.15, 0.2) is 47.4 Å². The lowest BCUT2D eigenvalue weighted by Crippen LogP contribution is -2.37. The van der Waals surface area contributed by atoms with E-state index in [2.05, 4.69) is 47.9 Å². The van der Waals surface area contributed by atoms with E-state index in [9.17, 15) is 9.59 Å². The van der Waals surface area contributed by atoms with Crippen molar-refractivity contribution in [3.05, 3.63) is 75.2 Å². The van der Waals surface area contributed by atoms with Gasteiger partial charge in [-0.25, -0.2) is 4.68 Å². The zero-order valence-corrected chi connectivity index (χ0v) is 19.9. The van der Waals surface area contributed by atoms with Gasteiger partial charge in [0.25, 0.3) is 5.56 Å². The fourth-order valence-electron chi connectivity index (χ4n) is 5.11. The zero-order valence-electron chi connectivity index (χ0n) is 19.9. The molecule has 3 heterocycles. The Kier molecular flexibility index (Phi) is 5.96. The van der Waals surface area contributed by atoms with Crippen molar-refractivity contribution in [1.29, 1.82) is 0 Å². The van der Waals surface area contributed by atoms with Crippen LogP contribution in [0, 0.1) is 20.8 Å². The van der Waals surface area contributed by atoms with E-state index in [0.717, 1.165) is 35.7 Å². The van der Waals surface area contributed by atoms with Crippen molar-refractivity contribution in [2.45, 2.75) is 52.8 Å². The van der Waals surface area contributed by atoms with Crippen LogP contribution in [0.5, 0.6) is 0 Å². The fraction of sp³-hybridized carbons (Fsp3) is 0.370. The Morgan fingerprint density at radius 2 is 1.91 bits per heavy atom. The van der Waals surface area contributed by atoms with Crippen molar-refractivity contribution >= 4 is 27.7 Å². The summed E-state index contributed by atoms with van der Waals surface area (Å²) in [6.07, 6.45) is 3.72. The number of benzene rings is 2. The van der Waals surface area contributed by atoms with Crippen LogP contribution in [0.25, 0.3) is 21.8 Å². The van der Waals surface area contributed by atoms with Gasteiger partial charge in [0.2, 0.25) is 5.91 Å². The number of carbonyl (C=O) groups excluding carboxylic acids is 1. The number of nitrogens with zero attached hydrogens (tertiary/aromatic N) is 3. The van der Waals surface area contributed by atoms with Crippen LogP contribution in [-0.2, 0) is 22.6 Å². The minimum Gasteiger partial charge on any atom is -0.376 e. The lowest BCUT2D eigenvalue weighted by atomic mass is 10.00. The first kappa shape index (κ1) is 22.3. The van der Waals surface area contributed by atoms with Crippen LogP contribution in [0.1, 0.15) is 35.1 Å². The van der Waals surface area contributed by atoms with E-state index in [0.29, 0.717) is 18.6 Å². The number of aromatic nitrogens is 3. The highest BCUT2D eigenvalue weighted by Crippen LogP contribution is 2.28. The minimum absolute atomic E-state index is 0.0552. The van der Waals surface area contributed by atoms with Gasteiger partial charge in [-0.1, -0.05) is 35.9 Å². The number of hydrogen-bond donors (Lipinski definition) is 1. The molecule has 1 saturated heterocycles. The number of fused-ring (bicyclic) bond motifs is 3. The second-order valence-electron chi connectivity index (χ2n) is 9.29. The second kappa shape index (κ2) is 9.06. The normalized spacial score (nSPS) is 15.9. The van der Waals surface area contributed by atoms with Gasteiger partial charge in [0, 0.05) is 36.0 Å². The topological polar surface area (TPSA) is 78.2 Å². The molecule has 1 amide bonds. The van der Waals surface area contributed by atoms with Crippen molar-refractivity contribution in [3.63, 3.8) is 0 Å². The van der Waals surface area contributed by atoms with Crippen LogP contribution in [0.2, 0.25) is 0 Å². The molecule has 176 valence electrons. The molecule has 1 fully saturated rings. The summed E-state index contributed by atoms with van der Waals surface area (Å²) >= 11 is 0. The van der Waals surface area contributed by atoms with Crippen molar-refractivity contribution in [1.82, 2.24) is 19.7 Å². The molecule has 4 aromatic rings. The third-order valence-corrected chi connectivity index (χ3v) is 6.77. The van der Waals surface area contributed by atoms with Gasteiger partial charge < -0.3 is 14.6 Å². The molecule has 1 aliphatic rings. The number of ether oxygens (including phenoxy) is 1. The number of rotatable bonds is 6. The summed E-state index contributed by atoms with van der Waals surface area (Å²) in [6, 6.07) is 12.4. The Morgan fingerprint density at radius 3 is 2.65 bits per heavy atom. The predicted octanol–water partition coefficient (Wildman–Crippen LogP) is 3.62. The molecule has 1 atom stereocenters. The lowest BCUT2D eigenvalue weighted by Gasteiger charge is -2.14. The molecule has 0 aliphatic carbocycles. The Bertz CT molecular complexity index is 1420. The molecule has 7 nitrogen and oxygen atoms in total. The first-order valence-electron chi connectivity index (χ1n) is 11.8. The molecular formula is C27H30N4O3. The molecule has 1 unspecified atom stereocenters. The molecule has 34 heavy (non-hydrogen) atoms. The number of amides is 1. The summed E-state index contributed by atoms with van der Waals surface area (Å²) in [5.74, 6) is -0.239. The smallest absolute Gasteiger partial charge is 0.291 e. The quantitative estimate of drug-likeness (QED) is 0.479. The Hall–Kier alpha value is -3.45. The molecule has 7 heteroatoms. The molecule has 0 saturated carbocycles.